The molecule has 2 N–H and O–H groups in total. The zero-order chi connectivity index (χ0) is 27.8. The molecule has 1 fully saturated rings. The molecule has 1 aliphatic heterocycles. The first-order valence-electron chi connectivity index (χ1n) is 12.7. The number of nitrogens with zero attached hydrogens (tertiary/aromatic N) is 2. The third kappa shape index (κ3) is 8.17. The summed E-state index contributed by atoms with van der Waals surface area (Å²) in [4.78, 5) is 32.3. The van der Waals surface area contributed by atoms with E-state index in [1.165, 1.54) is 14.2 Å². The van der Waals surface area contributed by atoms with Crippen molar-refractivity contribution >= 4 is 70.2 Å². The first-order chi connectivity index (χ1) is 18.9. The van der Waals surface area contributed by atoms with Crippen LogP contribution in [0.2, 0.25) is 10.0 Å². The van der Waals surface area contributed by atoms with Crippen LogP contribution >= 0.6 is 35.6 Å². The van der Waals surface area contributed by atoms with E-state index in [0.717, 1.165) is 61.4 Å². The van der Waals surface area contributed by atoms with Gasteiger partial charge < -0.3 is 24.7 Å². The molecular weight excluding hydrogens is 575 g/mol. The molecule has 0 atom stereocenters. The molecule has 0 spiro atoms. The largest absolute Gasteiger partial charge is 0.491 e. The van der Waals surface area contributed by atoms with Gasteiger partial charge in [0.2, 0.25) is 0 Å². The van der Waals surface area contributed by atoms with Crippen LogP contribution in [-0.2, 0) is 14.3 Å². The van der Waals surface area contributed by atoms with Gasteiger partial charge in [-0.3, -0.25) is 9.69 Å². The lowest BCUT2D eigenvalue weighted by Gasteiger charge is -2.36. The number of hydrogen-bond donors (Lipinski definition) is 2. The molecule has 11 heteroatoms. The van der Waals surface area contributed by atoms with Crippen molar-refractivity contribution in [3.63, 3.8) is 0 Å². The number of carbonyl (C=O) groups is 2. The van der Waals surface area contributed by atoms with Crippen LogP contribution in [0.25, 0.3) is 17.0 Å². The summed E-state index contributed by atoms with van der Waals surface area (Å²) in [6.07, 6.45) is 6.07. The Labute approximate surface area is 250 Å². The molecule has 1 saturated heterocycles. The molecule has 0 saturated carbocycles. The molecule has 2 heterocycles. The second-order valence-corrected chi connectivity index (χ2v) is 9.97. The van der Waals surface area contributed by atoms with Crippen molar-refractivity contribution < 1.29 is 19.1 Å². The average molecular weight is 608 g/mol. The minimum atomic E-state index is -0.328. The number of benzene rings is 2. The van der Waals surface area contributed by atoms with Gasteiger partial charge in [0, 0.05) is 55.0 Å². The number of piperazine rings is 1. The number of ether oxygens (including phenoxy) is 2. The number of aromatic amines is 1. The first kappa shape index (κ1) is 31.4. The summed E-state index contributed by atoms with van der Waals surface area (Å²) in [7, 11) is 2.87. The van der Waals surface area contributed by atoms with Gasteiger partial charge >= 0.3 is 5.97 Å². The van der Waals surface area contributed by atoms with Gasteiger partial charge in [0.25, 0.3) is 5.91 Å². The van der Waals surface area contributed by atoms with E-state index in [1.807, 2.05) is 36.4 Å². The molecule has 0 aliphatic carbocycles. The zero-order valence-electron chi connectivity index (χ0n) is 22.4. The van der Waals surface area contributed by atoms with Crippen molar-refractivity contribution in [1.29, 1.82) is 0 Å². The predicted molar refractivity (Wildman–Crippen MR) is 164 cm³/mol. The van der Waals surface area contributed by atoms with Gasteiger partial charge in [0.1, 0.15) is 0 Å². The van der Waals surface area contributed by atoms with E-state index in [0.29, 0.717) is 22.2 Å². The number of rotatable bonds is 10. The third-order valence-electron chi connectivity index (χ3n) is 6.59. The number of carbonyl (C=O) groups excluding carboxylic acids is 2. The van der Waals surface area contributed by atoms with Crippen LogP contribution in [0.3, 0.4) is 0 Å². The Morgan fingerprint density at radius 1 is 1.02 bits per heavy atom. The lowest BCUT2D eigenvalue weighted by molar-refractivity contribution is -0.120. The standard InChI is InChI=1S/C29H32Cl2N4O4.ClH/c1-38-27(9-4-7-22-16-21-18-24(30)25(31)19-26(21)33-22)28(36)32-10-5-11-34-12-14-35(15-13-34)23-8-3-6-20(17-23)29(37)39-2;/h3-4,6-9,16-19,33H,5,10-15H2,1-2H3,(H,32,36);1H/b7-4+,27-9-;. The van der Waals surface area contributed by atoms with Crippen LogP contribution in [0.4, 0.5) is 5.69 Å². The van der Waals surface area contributed by atoms with Gasteiger partial charge in [0.15, 0.2) is 5.76 Å². The molecule has 1 amide bonds. The van der Waals surface area contributed by atoms with Crippen LogP contribution < -0.4 is 10.2 Å². The number of nitrogens with one attached hydrogen (secondary N) is 2. The van der Waals surface area contributed by atoms with Gasteiger partial charge in [0.05, 0.1) is 29.8 Å². The highest BCUT2D eigenvalue weighted by Gasteiger charge is 2.18. The Bertz CT molecular complexity index is 1340. The number of H-pyrrole nitrogens is 1. The fourth-order valence-electron chi connectivity index (χ4n) is 4.48. The van der Waals surface area contributed by atoms with Gasteiger partial charge in [-0.2, -0.15) is 0 Å². The monoisotopic (exact) mass is 606 g/mol. The van der Waals surface area contributed by atoms with E-state index >= 15 is 0 Å². The van der Waals surface area contributed by atoms with E-state index in [1.54, 1.807) is 24.3 Å². The summed E-state index contributed by atoms with van der Waals surface area (Å²) in [5.74, 6) is -0.352. The normalized spacial score (nSPS) is 14.3. The maximum absolute atomic E-state index is 12.6. The van der Waals surface area contributed by atoms with E-state index in [-0.39, 0.29) is 30.0 Å². The van der Waals surface area contributed by atoms with Crippen LogP contribution in [0.5, 0.6) is 0 Å². The van der Waals surface area contributed by atoms with Crippen LogP contribution in [0.1, 0.15) is 22.5 Å². The molecular formula is C29H33Cl3N4O4. The van der Waals surface area contributed by atoms with Gasteiger partial charge in [-0.05, 0) is 61.5 Å². The number of anilines is 1. The minimum absolute atomic E-state index is 0. The van der Waals surface area contributed by atoms with Crippen molar-refractivity contribution in [3.8, 4) is 0 Å². The number of amides is 1. The van der Waals surface area contributed by atoms with E-state index < -0.39 is 0 Å². The van der Waals surface area contributed by atoms with E-state index in [9.17, 15) is 9.59 Å². The zero-order valence-corrected chi connectivity index (χ0v) is 24.7. The van der Waals surface area contributed by atoms with Gasteiger partial charge in [-0.25, -0.2) is 4.79 Å². The summed E-state index contributed by atoms with van der Waals surface area (Å²) >= 11 is 12.2. The molecule has 8 nitrogen and oxygen atoms in total. The maximum atomic E-state index is 12.6. The molecule has 214 valence electrons. The molecule has 4 rings (SSSR count). The minimum Gasteiger partial charge on any atom is -0.491 e. The molecule has 3 aromatic rings. The topological polar surface area (TPSA) is 86.9 Å². The number of halogens is 3. The lowest BCUT2D eigenvalue weighted by Crippen LogP contribution is -2.47. The highest BCUT2D eigenvalue weighted by molar-refractivity contribution is 6.42. The highest BCUT2D eigenvalue weighted by atomic mass is 35.5. The summed E-state index contributed by atoms with van der Waals surface area (Å²) in [6, 6.07) is 13.1. The Morgan fingerprint density at radius 3 is 2.50 bits per heavy atom. The molecule has 40 heavy (non-hydrogen) atoms. The van der Waals surface area contributed by atoms with Crippen LogP contribution in [0, 0.1) is 0 Å². The van der Waals surface area contributed by atoms with E-state index in [2.05, 4.69) is 20.1 Å². The van der Waals surface area contributed by atoms with Crippen molar-refractivity contribution in [2.45, 2.75) is 6.42 Å². The molecule has 1 aromatic heterocycles. The summed E-state index contributed by atoms with van der Waals surface area (Å²) < 4.78 is 10.1. The van der Waals surface area contributed by atoms with Crippen molar-refractivity contribution in [3.05, 3.63) is 81.7 Å². The Morgan fingerprint density at radius 2 is 1.77 bits per heavy atom. The lowest BCUT2D eigenvalue weighted by atomic mass is 10.1. The molecule has 0 radical (unpaired) electrons. The van der Waals surface area contributed by atoms with Crippen molar-refractivity contribution in [2.75, 3.05) is 58.4 Å². The number of aromatic nitrogens is 1. The molecule has 2 aromatic carbocycles. The fraction of sp³-hybridized carbons (Fsp3) is 0.310. The predicted octanol–water partition coefficient (Wildman–Crippen LogP) is 5.56. The number of esters is 1. The van der Waals surface area contributed by atoms with Gasteiger partial charge in [-0.15, -0.1) is 12.4 Å². The number of fused-ring (bicyclic) bond motifs is 1. The quantitative estimate of drug-likeness (QED) is 0.103. The number of allylic oxidation sites excluding steroid dienone is 2. The summed E-state index contributed by atoms with van der Waals surface area (Å²) in [6.45, 7) is 5.00. The fourth-order valence-corrected chi connectivity index (χ4v) is 4.82. The van der Waals surface area contributed by atoms with Crippen LogP contribution in [-0.4, -0.2) is 75.2 Å². The van der Waals surface area contributed by atoms with Crippen LogP contribution in [0.15, 0.2) is 60.4 Å². The SMILES string of the molecule is COC(=O)c1cccc(N2CCN(CCCNC(=O)/C(=C/C=C/c3cc4cc(Cl)c(Cl)cc4[nH]3)OC)CC2)c1.Cl. The molecule has 1 aliphatic rings. The second-order valence-electron chi connectivity index (χ2n) is 9.15. The Kier molecular flexibility index (Phi) is 11.8. The summed E-state index contributed by atoms with van der Waals surface area (Å²) in [5.41, 5.74) is 3.32. The maximum Gasteiger partial charge on any atom is 0.337 e. The average Bonchev–Trinajstić information content (AvgIpc) is 3.34. The second kappa shape index (κ2) is 15.0. The Balaban J connectivity index is 0.00000441. The number of methoxy groups -OCH3 is 2. The summed E-state index contributed by atoms with van der Waals surface area (Å²) in [5, 5.41) is 4.87. The first-order valence-corrected chi connectivity index (χ1v) is 13.5. The Hall–Kier alpha value is -3.17. The van der Waals surface area contributed by atoms with E-state index in [4.69, 9.17) is 32.7 Å². The molecule has 0 bridgehead atoms. The van der Waals surface area contributed by atoms with Gasteiger partial charge in [-0.1, -0.05) is 35.3 Å². The highest BCUT2D eigenvalue weighted by Crippen LogP contribution is 2.28. The van der Waals surface area contributed by atoms with Crippen molar-refractivity contribution in [2.24, 2.45) is 0 Å². The van der Waals surface area contributed by atoms with Crippen molar-refractivity contribution in [1.82, 2.24) is 15.2 Å². The smallest absolute Gasteiger partial charge is 0.337 e. The molecule has 0 unspecified atom stereocenters. The number of hydrogen-bond acceptors (Lipinski definition) is 6. The third-order valence-corrected chi connectivity index (χ3v) is 7.31.